The number of hydrogen-bond donors (Lipinski definition) is 0. The molecule has 12 rings (SSSR count). The van der Waals surface area contributed by atoms with Gasteiger partial charge in [-0.2, -0.15) is 0 Å². The summed E-state index contributed by atoms with van der Waals surface area (Å²) in [5.74, 6) is 0. The molecule has 4 nitrogen and oxygen atoms in total. The number of aryl methyl sites for hydroxylation is 4. The van der Waals surface area contributed by atoms with Gasteiger partial charge in [0, 0.05) is 65.1 Å². The summed E-state index contributed by atoms with van der Waals surface area (Å²) in [6.45, 7) is 8.57. The molecule has 0 N–H and O–H groups in total. The molecular weight excluding hydrogens is 889 g/mol. The molecular formula is C64H50N4S2. The maximum Gasteiger partial charge on any atom is 0.0603 e. The lowest BCUT2D eigenvalue weighted by atomic mass is 10.0. The van der Waals surface area contributed by atoms with Gasteiger partial charge in [0.25, 0.3) is 0 Å². The van der Waals surface area contributed by atoms with Gasteiger partial charge in [-0.25, -0.2) is 0 Å². The van der Waals surface area contributed by atoms with Crippen molar-refractivity contribution in [3.63, 3.8) is 0 Å². The molecule has 2 heterocycles. The Kier molecular flexibility index (Phi) is 11.3. The van der Waals surface area contributed by atoms with Crippen molar-refractivity contribution < 1.29 is 0 Å². The molecule has 0 aromatic heterocycles. The lowest BCUT2D eigenvalue weighted by Crippen LogP contribution is -2.16. The zero-order valence-electron chi connectivity index (χ0n) is 39.5. The first kappa shape index (κ1) is 43.4. The molecule has 0 unspecified atom stereocenters. The van der Waals surface area contributed by atoms with E-state index in [0.717, 1.165) is 56.6 Å². The normalized spacial score (nSPS) is 12.4. The van der Waals surface area contributed by atoms with Gasteiger partial charge in [0.15, 0.2) is 0 Å². The Morgan fingerprint density at radius 1 is 0.271 bits per heavy atom. The van der Waals surface area contributed by atoms with Gasteiger partial charge in [0.1, 0.15) is 0 Å². The zero-order chi connectivity index (χ0) is 47.3. The van der Waals surface area contributed by atoms with Crippen molar-refractivity contribution in [3.8, 4) is 11.1 Å². The Labute approximate surface area is 420 Å². The van der Waals surface area contributed by atoms with Crippen LogP contribution >= 0.6 is 23.5 Å². The van der Waals surface area contributed by atoms with Crippen LogP contribution in [-0.2, 0) is 0 Å². The fourth-order valence-electron chi connectivity index (χ4n) is 9.60. The third-order valence-corrected chi connectivity index (χ3v) is 15.5. The summed E-state index contributed by atoms with van der Waals surface area (Å²) in [7, 11) is 0. The smallest absolute Gasteiger partial charge is 0.0603 e. The molecule has 0 amide bonds. The van der Waals surface area contributed by atoms with E-state index in [9.17, 15) is 0 Å². The second kappa shape index (κ2) is 18.2. The van der Waals surface area contributed by atoms with Crippen LogP contribution in [0.2, 0.25) is 0 Å². The summed E-state index contributed by atoms with van der Waals surface area (Å²) in [5, 5.41) is 0. The van der Waals surface area contributed by atoms with Crippen molar-refractivity contribution in [1.29, 1.82) is 0 Å². The zero-order valence-corrected chi connectivity index (χ0v) is 41.2. The average Bonchev–Trinajstić information content (AvgIpc) is 3.39. The van der Waals surface area contributed by atoms with Crippen LogP contribution in [0.5, 0.6) is 0 Å². The van der Waals surface area contributed by atoms with Crippen LogP contribution in [-0.4, -0.2) is 0 Å². The monoisotopic (exact) mass is 938 g/mol. The Hall–Kier alpha value is -7.90. The van der Waals surface area contributed by atoms with E-state index in [2.05, 4.69) is 278 Å². The third kappa shape index (κ3) is 8.19. The molecule has 0 radical (unpaired) electrons. The SMILES string of the molecule is Cc1ccc(N(c2ccc(-c3ccc(N(c4ccc(C)cc4)c4ccc5c(c4)Sc4ccccc4N5c4ccc(C)cc4)cc3)cc2)c2ccc3c(c2)Sc2ccccc2N3c2ccc(C)cc2)cc1. The molecule has 338 valence electrons. The predicted octanol–water partition coefficient (Wildman–Crippen LogP) is 19.4. The third-order valence-electron chi connectivity index (χ3n) is 13.3. The fourth-order valence-corrected chi connectivity index (χ4v) is 11.8. The molecule has 10 aromatic carbocycles. The summed E-state index contributed by atoms with van der Waals surface area (Å²) in [5.41, 5.74) is 21.0. The van der Waals surface area contributed by atoms with Crippen LogP contribution in [0.4, 0.5) is 68.2 Å². The molecule has 0 aliphatic carbocycles. The van der Waals surface area contributed by atoms with Crippen LogP contribution in [0.1, 0.15) is 22.3 Å². The second-order valence-electron chi connectivity index (χ2n) is 18.2. The first-order valence-electron chi connectivity index (χ1n) is 23.8. The van der Waals surface area contributed by atoms with E-state index >= 15 is 0 Å². The standard InChI is InChI=1S/C64H50N4S2/c1-43-13-25-49(26-14-43)65(55-37-39-59-63(41-55)69-61-11-7-5-9-57(61)67(59)53-29-17-45(3)18-30-53)51-33-21-47(22-34-51)48-23-35-52(36-24-48)66(50-27-15-44(2)16-28-50)56-38-40-60-64(42-56)70-62-12-8-6-10-58(62)68(60)54-31-19-46(4)20-32-54/h5-42H,1-4H3. The number of hydrogen-bond acceptors (Lipinski definition) is 6. The lowest BCUT2D eigenvalue weighted by molar-refractivity contribution is 1.15. The van der Waals surface area contributed by atoms with E-state index < -0.39 is 0 Å². The first-order chi connectivity index (χ1) is 34.3. The van der Waals surface area contributed by atoms with Gasteiger partial charge >= 0.3 is 0 Å². The highest BCUT2D eigenvalue weighted by atomic mass is 32.2. The Balaban J connectivity index is 0.874. The van der Waals surface area contributed by atoms with Crippen LogP contribution in [0, 0.1) is 27.7 Å². The highest BCUT2D eigenvalue weighted by Crippen LogP contribution is 2.55. The van der Waals surface area contributed by atoms with E-state index in [4.69, 9.17) is 0 Å². The van der Waals surface area contributed by atoms with Gasteiger partial charge < -0.3 is 19.6 Å². The van der Waals surface area contributed by atoms with Crippen LogP contribution < -0.4 is 19.6 Å². The van der Waals surface area contributed by atoms with Crippen molar-refractivity contribution in [3.05, 3.63) is 253 Å². The molecule has 0 fully saturated rings. The maximum absolute atomic E-state index is 2.39. The quantitative estimate of drug-likeness (QED) is 0.142. The summed E-state index contributed by atoms with van der Waals surface area (Å²) in [4.78, 5) is 14.5. The largest absolute Gasteiger partial charge is 0.310 e. The van der Waals surface area contributed by atoms with Crippen molar-refractivity contribution >= 4 is 91.8 Å². The van der Waals surface area contributed by atoms with Crippen LogP contribution in [0.3, 0.4) is 0 Å². The van der Waals surface area contributed by atoms with Gasteiger partial charge in [0.05, 0.1) is 22.7 Å². The van der Waals surface area contributed by atoms with Gasteiger partial charge in [-0.15, -0.1) is 0 Å². The Morgan fingerprint density at radius 2 is 0.557 bits per heavy atom. The minimum atomic E-state index is 1.10. The van der Waals surface area contributed by atoms with Crippen LogP contribution in [0.25, 0.3) is 11.1 Å². The van der Waals surface area contributed by atoms with Crippen molar-refractivity contribution in [1.82, 2.24) is 0 Å². The number of nitrogens with zero attached hydrogens (tertiary/aromatic N) is 4. The van der Waals surface area contributed by atoms with E-state index in [0.29, 0.717) is 0 Å². The molecule has 2 aliphatic heterocycles. The molecule has 0 bridgehead atoms. The molecule has 0 saturated heterocycles. The number of anilines is 12. The molecule has 70 heavy (non-hydrogen) atoms. The summed E-state index contributed by atoms with van der Waals surface area (Å²) in [6.07, 6.45) is 0. The van der Waals surface area contributed by atoms with Gasteiger partial charge in [-0.1, -0.05) is 143 Å². The molecule has 2 aliphatic rings. The Bertz CT molecular complexity index is 3280. The molecule has 0 saturated carbocycles. The Morgan fingerprint density at radius 3 is 0.914 bits per heavy atom. The molecule has 0 atom stereocenters. The van der Waals surface area contributed by atoms with E-state index in [1.807, 2.05) is 23.5 Å². The molecule has 6 heteroatoms. The molecule has 0 spiro atoms. The van der Waals surface area contributed by atoms with E-state index in [-0.39, 0.29) is 0 Å². The van der Waals surface area contributed by atoms with Crippen LogP contribution in [0.15, 0.2) is 250 Å². The summed E-state index contributed by atoms with van der Waals surface area (Å²) in [6, 6.07) is 84.6. The second-order valence-corrected chi connectivity index (χ2v) is 20.4. The fraction of sp³-hybridized carbons (Fsp3) is 0.0625. The van der Waals surface area contributed by atoms with Crippen molar-refractivity contribution in [2.75, 3.05) is 19.6 Å². The average molecular weight is 939 g/mol. The minimum Gasteiger partial charge on any atom is -0.310 e. The van der Waals surface area contributed by atoms with Gasteiger partial charge in [0.2, 0.25) is 0 Å². The predicted molar refractivity (Wildman–Crippen MR) is 298 cm³/mol. The number of fused-ring (bicyclic) bond motifs is 4. The number of benzene rings is 10. The van der Waals surface area contributed by atoms with Gasteiger partial charge in [-0.3, -0.25) is 0 Å². The first-order valence-corrected chi connectivity index (χ1v) is 25.4. The summed E-state index contributed by atoms with van der Waals surface area (Å²) < 4.78 is 0. The van der Waals surface area contributed by atoms with Crippen molar-refractivity contribution in [2.45, 2.75) is 47.3 Å². The van der Waals surface area contributed by atoms with Gasteiger partial charge in [-0.05, 0) is 172 Å². The maximum atomic E-state index is 2.39. The molecule has 10 aromatic rings. The summed E-state index contributed by atoms with van der Waals surface area (Å²) >= 11 is 3.67. The number of rotatable bonds is 9. The lowest BCUT2D eigenvalue weighted by Gasteiger charge is -2.34. The van der Waals surface area contributed by atoms with E-state index in [1.54, 1.807) is 0 Å². The number of para-hydroxylation sites is 2. The topological polar surface area (TPSA) is 13.0 Å². The minimum absolute atomic E-state index is 1.10. The highest BCUT2D eigenvalue weighted by Gasteiger charge is 2.28. The van der Waals surface area contributed by atoms with E-state index in [1.165, 1.54) is 64.6 Å². The highest BCUT2D eigenvalue weighted by molar-refractivity contribution is 8.00. The van der Waals surface area contributed by atoms with Crippen molar-refractivity contribution in [2.24, 2.45) is 0 Å².